The molecule has 0 aliphatic carbocycles. The topological polar surface area (TPSA) is 20.3 Å². The van der Waals surface area contributed by atoms with E-state index in [0.29, 0.717) is 15.6 Å². The molecule has 0 radical (unpaired) electrons. The second-order valence-corrected chi connectivity index (χ2v) is 5.04. The third-order valence-electron chi connectivity index (χ3n) is 2.66. The third kappa shape index (κ3) is 2.94. The number of hydrogen-bond acceptors (Lipinski definition) is 1. The molecule has 0 aromatic heterocycles. The van der Waals surface area contributed by atoms with Crippen molar-refractivity contribution >= 4 is 29.1 Å². The van der Waals surface area contributed by atoms with Crippen LogP contribution in [0.5, 0.6) is 0 Å². The molecule has 2 nitrogen and oxygen atoms in total. The number of carbonyl (C=O) groups excluding carboxylic acids is 1. The van der Waals surface area contributed by atoms with Crippen LogP contribution in [-0.2, 0) is 0 Å². The summed E-state index contributed by atoms with van der Waals surface area (Å²) in [5, 5.41) is 0.813. The fourth-order valence-electron chi connectivity index (χ4n) is 1.19. The highest BCUT2D eigenvalue weighted by Crippen LogP contribution is 2.24. The summed E-state index contributed by atoms with van der Waals surface area (Å²) in [5.74, 6) is 2.33. The highest BCUT2D eigenvalue weighted by atomic mass is 35.5. The first kappa shape index (κ1) is 13.9. The zero-order chi connectivity index (χ0) is 13.2. The van der Waals surface area contributed by atoms with E-state index in [1.165, 1.54) is 11.0 Å². The molecule has 1 aromatic carbocycles. The van der Waals surface area contributed by atoms with Crippen LogP contribution < -0.4 is 0 Å². The van der Waals surface area contributed by atoms with Gasteiger partial charge in [-0.15, -0.1) is 6.42 Å². The van der Waals surface area contributed by atoms with E-state index in [1.807, 2.05) is 0 Å². The monoisotopic (exact) mass is 269 g/mol. The van der Waals surface area contributed by atoms with Gasteiger partial charge < -0.3 is 4.90 Å². The first-order valence-corrected chi connectivity index (χ1v) is 5.76. The molecule has 0 fully saturated rings. The van der Waals surface area contributed by atoms with Gasteiger partial charge in [-0.3, -0.25) is 4.79 Å². The molecule has 0 N–H and O–H groups in total. The van der Waals surface area contributed by atoms with Gasteiger partial charge in [-0.25, -0.2) is 0 Å². The maximum atomic E-state index is 12.2. The van der Waals surface area contributed by atoms with Crippen molar-refractivity contribution in [1.82, 2.24) is 4.90 Å². The SMILES string of the molecule is C#CC(C)(C)N(C)C(=O)c1ccc(Cl)cc1Cl. The van der Waals surface area contributed by atoms with Crippen LogP contribution in [0.1, 0.15) is 24.2 Å². The van der Waals surface area contributed by atoms with E-state index in [4.69, 9.17) is 29.6 Å². The van der Waals surface area contributed by atoms with Crippen molar-refractivity contribution < 1.29 is 4.79 Å². The lowest BCUT2D eigenvalue weighted by Crippen LogP contribution is -2.43. The van der Waals surface area contributed by atoms with Crippen LogP contribution in [0.15, 0.2) is 18.2 Å². The molecule has 1 aromatic rings. The Labute approximate surface area is 112 Å². The summed E-state index contributed by atoms with van der Waals surface area (Å²) in [6.07, 6.45) is 5.39. The highest BCUT2D eigenvalue weighted by molar-refractivity contribution is 6.36. The van der Waals surface area contributed by atoms with Crippen molar-refractivity contribution in [3.63, 3.8) is 0 Å². The Hall–Kier alpha value is -1.17. The van der Waals surface area contributed by atoms with Gasteiger partial charge in [0.2, 0.25) is 0 Å². The summed E-state index contributed by atoms with van der Waals surface area (Å²) >= 11 is 11.8. The molecule has 4 heteroatoms. The molecule has 0 spiro atoms. The zero-order valence-corrected chi connectivity index (χ0v) is 11.4. The summed E-state index contributed by atoms with van der Waals surface area (Å²) in [6.45, 7) is 3.57. The van der Waals surface area contributed by atoms with Crippen LogP contribution in [0.2, 0.25) is 10.0 Å². The van der Waals surface area contributed by atoms with E-state index in [-0.39, 0.29) is 5.91 Å². The molecule has 0 bridgehead atoms. The number of hydrogen-bond donors (Lipinski definition) is 0. The number of benzene rings is 1. The molecular formula is C13H13Cl2NO. The Morgan fingerprint density at radius 1 is 1.41 bits per heavy atom. The number of terminal acetylenes is 1. The second kappa shape index (κ2) is 5.00. The summed E-state index contributed by atoms with van der Waals surface area (Å²) < 4.78 is 0. The lowest BCUT2D eigenvalue weighted by atomic mass is 10.0. The van der Waals surface area contributed by atoms with Crippen LogP contribution in [0.4, 0.5) is 0 Å². The van der Waals surface area contributed by atoms with Crippen LogP contribution >= 0.6 is 23.2 Å². The van der Waals surface area contributed by atoms with Crippen molar-refractivity contribution in [3.8, 4) is 12.3 Å². The summed E-state index contributed by atoms with van der Waals surface area (Å²) in [4.78, 5) is 13.7. The lowest BCUT2D eigenvalue weighted by Gasteiger charge is -2.31. The van der Waals surface area contributed by atoms with Crippen LogP contribution in [0.25, 0.3) is 0 Å². The molecule has 0 heterocycles. The van der Waals surface area contributed by atoms with Crippen molar-refractivity contribution in [3.05, 3.63) is 33.8 Å². The molecule has 1 amide bonds. The van der Waals surface area contributed by atoms with E-state index in [1.54, 1.807) is 33.0 Å². The van der Waals surface area contributed by atoms with Gasteiger partial charge in [-0.1, -0.05) is 29.1 Å². The number of nitrogens with zero attached hydrogens (tertiary/aromatic N) is 1. The van der Waals surface area contributed by atoms with Gasteiger partial charge >= 0.3 is 0 Å². The maximum absolute atomic E-state index is 12.2. The van der Waals surface area contributed by atoms with E-state index < -0.39 is 5.54 Å². The quantitative estimate of drug-likeness (QED) is 0.753. The van der Waals surface area contributed by atoms with Crippen LogP contribution in [-0.4, -0.2) is 23.4 Å². The van der Waals surface area contributed by atoms with E-state index in [0.717, 1.165) is 0 Å². The Morgan fingerprint density at radius 3 is 2.47 bits per heavy atom. The van der Waals surface area contributed by atoms with E-state index >= 15 is 0 Å². The molecule has 0 saturated heterocycles. The predicted octanol–water partition coefficient (Wildman–Crippen LogP) is 3.48. The first-order chi connectivity index (χ1) is 7.79. The Morgan fingerprint density at radius 2 is 2.00 bits per heavy atom. The number of carbonyl (C=O) groups is 1. The maximum Gasteiger partial charge on any atom is 0.256 e. The van der Waals surface area contributed by atoms with Crippen molar-refractivity contribution in [2.75, 3.05) is 7.05 Å². The van der Waals surface area contributed by atoms with Gasteiger partial charge in [0.25, 0.3) is 5.91 Å². The molecular weight excluding hydrogens is 257 g/mol. The van der Waals surface area contributed by atoms with Crippen molar-refractivity contribution in [1.29, 1.82) is 0 Å². The average Bonchev–Trinajstić information content (AvgIpc) is 2.27. The lowest BCUT2D eigenvalue weighted by molar-refractivity contribution is 0.0701. The van der Waals surface area contributed by atoms with Gasteiger partial charge in [-0.2, -0.15) is 0 Å². The summed E-state index contributed by atoms with van der Waals surface area (Å²) in [7, 11) is 1.65. The smallest absolute Gasteiger partial charge is 0.256 e. The van der Waals surface area contributed by atoms with Crippen LogP contribution in [0, 0.1) is 12.3 Å². The minimum absolute atomic E-state index is 0.227. The van der Waals surface area contributed by atoms with Gasteiger partial charge in [0.1, 0.15) is 0 Å². The molecule has 0 aliphatic heterocycles. The fourth-order valence-corrected chi connectivity index (χ4v) is 1.68. The van der Waals surface area contributed by atoms with Gasteiger partial charge in [0.05, 0.1) is 16.1 Å². The standard InChI is InChI=1S/C13H13Cl2NO/c1-5-13(2,3)16(4)12(17)10-7-6-9(14)8-11(10)15/h1,6-8H,2-4H3. The van der Waals surface area contributed by atoms with Crippen LogP contribution in [0.3, 0.4) is 0 Å². The molecule has 90 valence electrons. The molecule has 0 aliphatic rings. The number of rotatable bonds is 2. The van der Waals surface area contributed by atoms with E-state index in [9.17, 15) is 4.79 Å². The Bertz CT molecular complexity index is 489. The van der Waals surface area contributed by atoms with Crippen molar-refractivity contribution in [2.45, 2.75) is 19.4 Å². The minimum atomic E-state index is -0.667. The van der Waals surface area contributed by atoms with Crippen molar-refractivity contribution in [2.24, 2.45) is 0 Å². The number of halogens is 2. The molecule has 1 rings (SSSR count). The largest absolute Gasteiger partial charge is 0.326 e. The molecule has 17 heavy (non-hydrogen) atoms. The molecule has 0 unspecified atom stereocenters. The average molecular weight is 270 g/mol. The summed E-state index contributed by atoms with van der Waals surface area (Å²) in [5.41, 5.74) is -0.276. The number of amides is 1. The molecule has 0 saturated carbocycles. The minimum Gasteiger partial charge on any atom is -0.326 e. The van der Waals surface area contributed by atoms with Gasteiger partial charge in [0, 0.05) is 12.1 Å². The van der Waals surface area contributed by atoms with Gasteiger partial charge in [0.15, 0.2) is 0 Å². The molecule has 0 atom stereocenters. The Kier molecular flexibility index (Phi) is 4.08. The predicted molar refractivity (Wildman–Crippen MR) is 71.5 cm³/mol. The van der Waals surface area contributed by atoms with E-state index in [2.05, 4.69) is 5.92 Å². The zero-order valence-electron chi connectivity index (χ0n) is 9.92. The fraction of sp³-hybridized carbons (Fsp3) is 0.308. The second-order valence-electron chi connectivity index (χ2n) is 4.19. The van der Waals surface area contributed by atoms with Gasteiger partial charge in [-0.05, 0) is 32.0 Å². The third-order valence-corrected chi connectivity index (χ3v) is 3.21. The Balaban J connectivity index is 3.10. The normalized spacial score (nSPS) is 10.8. The highest BCUT2D eigenvalue weighted by Gasteiger charge is 2.27. The summed E-state index contributed by atoms with van der Waals surface area (Å²) in [6, 6.07) is 4.75. The first-order valence-electron chi connectivity index (χ1n) is 5.00.